The number of aryl methyl sites for hydroxylation is 1. The molecule has 4 heteroatoms. The molecule has 1 saturated heterocycles. The molecule has 1 aromatic rings. The van der Waals surface area contributed by atoms with Gasteiger partial charge in [0.2, 0.25) is 0 Å². The van der Waals surface area contributed by atoms with Gasteiger partial charge < -0.3 is 14.6 Å². The van der Waals surface area contributed by atoms with Crippen molar-refractivity contribution in [3.05, 3.63) is 23.3 Å². The maximum atomic E-state index is 9.64. The summed E-state index contributed by atoms with van der Waals surface area (Å²) in [5.41, 5.74) is 2.49. The highest BCUT2D eigenvalue weighted by Crippen LogP contribution is 2.32. The summed E-state index contributed by atoms with van der Waals surface area (Å²) in [5.74, 6) is 1.56. The number of hydrogen-bond donors (Lipinski definition) is 1. The summed E-state index contributed by atoms with van der Waals surface area (Å²) in [5, 5.41) is 9.64. The Balaban J connectivity index is 2.15. The van der Waals surface area contributed by atoms with Crippen LogP contribution in [-0.4, -0.2) is 42.9 Å². The number of rotatable bonds is 6. The van der Waals surface area contributed by atoms with Gasteiger partial charge in [-0.3, -0.25) is 4.90 Å². The lowest BCUT2D eigenvalue weighted by Crippen LogP contribution is -2.31. The molecule has 0 bridgehead atoms. The molecule has 2 atom stereocenters. The van der Waals surface area contributed by atoms with Crippen molar-refractivity contribution >= 4 is 0 Å². The highest BCUT2D eigenvalue weighted by Gasteiger charge is 2.26. The Morgan fingerprint density at radius 2 is 1.95 bits per heavy atom. The summed E-state index contributed by atoms with van der Waals surface area (Å²) >= 11 is 0. The number of benzene rings is 1. The maximum absolute atomic E-state index is 9.64. The number of ether oxygens (including phenoxy) is 2. The lowest BCUT2D eigenvalue weighted by Gasteiger charge is -2.26. The second-order valence-electron chi connectivity index (χ2n) is 5.98. The smallest absolute Gasteiger partial charge is 0.161 e. The first kappa shape index (κ1) is 16.1. The average Bonchev–Trinajstić information content (AvgIpc) is 2.87. The van der Waals surface area contributed by atoms with Crippen molar-refractivity contribution in [2.45, 2.75) is 51.8 Å². The van der Waals surface area contributed by atoms with Gasteiger partial charge in [-0.2, -0.15) is 0 Å². The lowest BCUT2D eigenvalue weighted by atomic mass is 10.0. The van der Waals surface area contributed by atoms with Crippen LogP contribution in [0.15, 0.2) is 12.1 Å². The zero-order valence-corrected chi connectivity index (χ0v) is 13.6. The Bertz CT molecular complexity index is 473. The third kappa shape index (κ3) is 3.89. The van der Waals surface area contributed by atoms with E-state index in [0.29, 0.717) is 6.04 Å². The Hall–Kier alpha value is -1.26. The minimum Gasteiger partial charge on any atom is -0.493 e. The maximum Gasteiger partial charge on any atom is 0.161 e. The third-order valence-corrected chi connectivity index (χ3v) is 4.33. The Kier molecular flexibility index (Phi) is 5.48. The van der Waals surface area contributed by atoms with E-state index in [0.717, 1.165) is 31.0 Å². The normalized spacial score (nSPS) is 20.5. The molecule has 1 aromatic carbocycles. The van der Waals surface area contributed by atoms with Crippen LogP contribution in [0.4, 0.5) is 0 Å². The van der Waals surface area contributed by atoms with Crippen LogP contribution in [0.5, 0.6) is 11.5 Å². The van der Waals surface area contributed by atoms with E-state index in [1.54, 1.807) is 14.2 Å². The first-order valence-corrected chi connectivity index (χ1v) is 7.68. The SMILES string of the molecule is COc1cc(C)c(CN2CCC[C@H]2C[C@H](C)O)cc1OC. The standard InChI is InChI=1S/C17H27NO3/c1-12-8-16(20-3)17(21-4)10-14(12)11-18-7-5-6-15(18)9-13(2)19/h8,10,13,15,19H,5-7,9,11H2,1-4H3/t13-,15-/m0/s1. The predicted molar refractivity (Wildman–Crippen MR) is 84.0 cm³/mol. The minimum atomic E-state index is -0.234. The van der Waals surface area contributed by atoms with Crippen LogP contribution >= 0.6 is 0 Å². The quantitative estimate of drug-likeness (QED) is 0.875. The van der Waals surface area contributed by atoms with Crippen LogP contribution in [0.2, 0.25) is 0 Å². The van der Waals surface area contributed by atoms with Crippen LogP contribution < -0.4 is 9.47 Å². The fourth-order valence-corrected chi connectivity index (χ4v) is 3.18. The summed E-state index contributed by atoms with van der Waals surface area (Å²) < 4.78 is 10.7. The molecule has 4 nitrogen and oxygen atoms in total. The Morgan fingerprint density at radius 1 is 1.29 bits per heavy atom. The predicted octanol–water partition coefficient (Wildman–Crippen LogP) is 2.75. The molecule has 0 unspecified atom stereocenters. The summed E-state index contributed by atoms with van der Waals surface area (Å²) in [6.07, 6.45) is 3.01. The third-order valence-electron chi connectivity index (χ3n) is 4.33. The van der Waals surface area contributed by atoms with E-state index in [9.17, 15) is 5.11 Å². The van der Waals surface area contributed by atoms with Gasteiger partial charge in [-0.05, 0) is 62.9 Å². The van der Waals surface area contributed by atoms with Crippen molar-refractivity contribution in [1.82, 2.24) is 4.90 Å². The fourth-order valence-electron chi connectivity index (χ4n) is 3.18. The zero-order chi connectivity index (χ0) is 15.4. The van der Waals surface area contributed by atoms with E-state index in [-0.39, 0.29) is 6.10 Å². The van der Waals surface area contributed by atoms with Crippen molar-refractivity contribution < 1.29 is 14.6 Å². The van der Waals surface area contributed by atoms with Gasteiger partial charge in [0.15, 0.2) is 11.5 Å². The highest BCUT2D eigenvalue weighted by atomic mass is 16.5. The molecular weight excluding hydrogens is 266 g/mol. The summed E-state index contributed by atoms with van der Waals surface area (Å²) in [7, 11) is 3.33. The zero-order valence-electron chi connectivity index (χ0n) is 13.6. The molecule has 0 radical (unpaired) electrons. The molecule has 1 N–H and O–H groups in total. The molecule has 118 valence electrons. The number of aliphatic hydroxyl groups excluding tert-OH is 1. The summed E-state index contributed by atoms with van der Waals surface area (Å²) in [6.45, 7) is 5.99. The van der Waals surface area contributed by atoms with Crippen LogP contribution in [0.1, 0.15) is 37.3 Å². The summed E-state index contributed by atoms with van der Waals surface area (Å²) in [4.78, 5) is 2.47. The number of hydrogen-bond acceptors (Lipinski definition) is 4. The van der Waals surface area contributed by atoms with Crippen molar-refractivity contribution in [3.63, 3.8) is 0 Å². The molecule has 1 aliphatic heterocycles. The van der Waals surface area contributed by atoms with Crippen LogP contribution in [0.3, 0.4) is 0 Å². The second-order valence-corrected chi connectivity index (χ2v) is 5.98. The number of aliphatic hydroxyl groups is 1. The Morgan fingerprint density at radius 3 is 2.57 bits per heavy atom. The van der Waals surface area contributed by atoms with Crippen molar-refractivity contribution in [2.75, 3.05) is 20.8 Å². The van der Waals surface area contributed by atoms with Crippen LogP contribution in [-0.2, 0) is 6.54 Å². The van der Waals surface area contributed by atoms with Crippen molar-refractivity contribution in [3.8, 4) is 11.5 Å². The minimum absolute atomic E-state index is 0.234. The van der Waals surface area contributed by atoms with Crippen LogP contribution in [0.25, 0.3) is 0 Å². The van der Waals surface area contributed by atoms with E-state index in [2.05, 4.69) is 17.9 Å². The van der Waals surface area contributed by atoms with Crippen molar-refractivity contribution in [1.29, 1.82) is 0 Å². The van der Waals surface area contributed by atoms with Gasteiger partial charge in [0.05, 0.1) is 20.3 Å². The average molecular weight is 293 g/mol. The number of likely N-dealkylation sites (tertiary alicyclic amines) is 1. The molecule has 0 amide bonds. The molecule has 0 saturated carbocycles. The molecule has 2 rings (SSSR count). The summed E-state index contributed by atoms with van der Waals surface area (Å²) in [6, 6.07) is 4.59. The van der Waals surface area contributed by atoms with E-state index in [1.807, 2.05) is 13.0 Å². The van der Waals surface area contributed by atoms with Gasteiger partial charge in [-0.15, -0.1) is 0 Å². The van der Waals surface area contributed by atoms with Gasteiger partial charge >= 0.3 is 0 Å². The van der Waals surface area contributed by atoms with Gasteiger partial charge in [0.1, 0.15) is 0 Å². The first-order chi connectivity index (χ1) is 10.0. The molecule has 1 heterocycles. The highest BCUT2D eigenvalue weighted by molar-refractivity contribution is 5.47. The topological polar surface area (TPSA) is 41.9 Å². The number of nitrogens with zero attached hydrogens (tertiary/aromatic N) is 1. The van der Waals surface area contributed by atoms with E-state index in [1.165, 1.54) is 24.0 Å². The Labute approximate surface area is 127 Å². The van der Waals surface area contributed by atoms with E-state index < -0.39 is 0 Å². The molecule has 1 aliphatic rings. The monoisotopic (exact) mass is 293 g/mol. The lowest BCUT2D eigenvalue weighted by molar-refractivity contribution is 0.130. The molecule has 0 aromatic heterocycles. The molecule has 0 aliphatic carbocycles. The molecular formula is C17H27NO3. The van der Waals surface area contributed by atoms with Gasteiger partial charge in [-0.1, -0.05) is 0 Å². The number of methoxy groups -OCH3 is 2. The van der Waals surface area contributed by atoms with Gasteiger partial charge in [0, 0.05) is 12.6 Å². The second kappa shape index (κ2) is 7.14. The van der Waals surface area contributed by atoms with Gasteiger partial charge in [0.25, 0.3) is 0 Å². The molecule has 21 heavy (non-hydrogen) atoms. The van der Waals surface area contributed by atoms with Crippen LogP contribution in [0, 0.1) is 6.92 Å². The molecule has 1 fully saturated rings. The fraction of sp³-hybridized carbons (Fsp3) is 0.647. The van der Waals surface area contributed by atoms with E-state index >= 15 is 0 Å². The van der Waals surface area contributed by atoms with E-state index in [4.69, 9.17) is 9.47 Å². The molecule has 0 spiro atoms. The van der Waals surface area contributed by atoms with Crippen molar-refractivity contribution in [2.24, 2.45) is 0 Å². The van der Waals surface area contributed by atoms with Gasteiger partial charge in [-0.25, -0.2) is 0 Å². The largest absolute Gasteiger partial charge is 0.493 e. The first-order valence-electron chi connectivity index (χ1n) is 7.68.